The standard InChI is InChI=1S/C17H17Cl2NO4/c1-23-13-4-3-12(18)16(19)15(13)10-6-11-5-9(17(22)24-2)7-14(21)20(11)8-10/h3-4,7,10-11H,5-6,8H2,1-2H3/t10-,11+/m0/s1. The van der Waals surface area contributed by atoms with Gasteiger partial charge < -0.3 is 14.4 Å². The Bertz CT molecular complexity index is 732. The summed E-state index contributed by atoms with van der Waals surface area (Å²) >= 11 is 12.5. The van der Waals surface area contributed by atoms with Crippen molar-refractivity contribution in [2.24, 2.45) is 0 Å². The molecule has 1 aromatic carbocycles. The number of hydrogen-bond acceptors (Lipinski definition) is 4. The van der Waals surface area contributed by atoms with E-state index < -0.39 is 5.97 Å². The summed E-state index contributed by atoms with van der Waals surface area (Å²) in [4.78, 5) is 25.8. The van der Waals surface area contributed by atoms with Gasteiger partial charge in [-0.3, -0.25) is 4.79 Å². The molecule has 1 amide bonds. The first-order valence-electron chi connectivity index (χ1n) is 7.57. The molecule has 2 heterocycles. The second-order valence-electron chi connectivity index (χ2n) is 5.92. The molecule has 0 N–H and O–H groups in total. The van der Waals surface area contributed by atoms with Gasteiger partial charge in [0, 0.05) is 42.1 Å². The van der Waals surface area contributed by atoms with Gasteiger partial charge in [0.1, 0.15) is 5.75 Å². The van der Waals surface area contributed by atoms with Crippen LogP contribution in [0.1, 0.15) is 24.3 Å². The number of methoxy groups -OCH3 is 2. The monoisotopic (exact) mass is 369 g/mol. The van der Waals surface area contributed by atoms with E-state index in [0.717, 1.165) is 5.56 Å². The number of ether oxygens (including phenoxy) is 2. The highest BCUT2D eigenvalue weighted by atomic mass is 35.5. The summed E-state index contributed by atoms with van der Waals surface area (Å²) in [6, 6.07) is 3.42. The Kier molecular flexibility index (Phi) is 4.74. The smallest absolute Gasteiger partial charge is 0.333 e. The van der Waals surface area contributed by atoms with Crippen LogP contribution in [0.5, 0.6) is 5.75 Å². The molecule has 24 heavy (non-hydrogen) atoms. The third kappa shape index (κ3) is 2.87. The summed E-state index contributed by atoms with van der Waals surface area (Å²) in [6.45, 7) is 0.519. The molecule has 5 nitrogen and oxygen atoms in total. The van der Waals surface area contributed by atoms with E-state index in [2.05, 4.69) is 0 Å². The maximum Gasteiger partial charge on any atom is 0.333 e. The topological polar surface area (TPSA) is 55.8 Å². The zero-order chi connectivity index (χ0) is 17.4. The fourth-order valence-electron chi connectivity index (χ4n) is 3.51. The molecule has 1 aromatic rings. The number of carbonyl (C=O) groups is 2. The SMILES string of the molecule is COC(=O)C1=CC(=O)N2C[C@@H](c3c(OC)ccc(Cl)c3Cl)C[C@H]2C1. The van der Waals surface area contributed by atoms with Gasteiger partial charge in [0.15, 0.2) is 0 Å². The number of halogens is 2. The summed E-state index contributed by atoms with van der Waals surface area (Å²) in [5, 5.41) is 0.909. The molecular weight excluding hydrogens is 353 g/mol. The van der Waals surface area contributed by atoms with Gasteiger partial charge in [-0.05, 0) is 18.6 Å². The Morgan fingerprint density at radius 1 is 1.29 bits per heavy atom. The molecule has 0 radical (unpaired) electrons. The first kappa shape index (κ1) is 17.1. The average molecular weight is 370 g/mol. The first-order chi connectivity index (χ1) is 11.5. The molecule has 3 rings (SSSR count). The number of carbonyl (C=O) groups excluding carboxylic acids is 2. The molecule has 1 fully saturated rings. The predicted octanol–water partition coefficient (Wildman–Crippen LogP) is 3.19. The molecule has 1 saturated heterocycles. The van der Waals surface area contributed by atoms with Crippen LogP contribution in [0.2, 0.25) is 10.0 Å². The van der Waals surface area contributed by atoms with Gasteiger partial charge in [0.25, 0.3) is 0 Å². The van der Waals surface area contributed by atoms with Crippen molar-refractivity contribution in [1.82, 2.24) is 4.90 Å². The number of amides is 1. The van der Waals surface area contributed by atoms with Crippen LogP contribution in [0.3, 0.4) is 0 Å². The van der Waals surface area contributed by atoms with E-state index in [1.165, 1.54) is 13.2 Å². The molecule has 0 bridgehead atoms. The molecule has 0 saturated carbocycles. The Balaban J connectivity index is 1.89. The van der Waals surface area contributed by atoms with Crippen molar-refractivity contribution < 1.29 is 19.1 Å². The highest BCUT2D eigenvalue weighted by Gasteiger charge is 2.41. The maximum atomic E-state index is 12.3. The second kappa shape index (κ2) is 6.65. The Morgan fingerprint density at radius 2 is 2.04 bits per heavy atom. The summed E-state index contributed by atoms with van der Waals surface area (Å²) in [5.41, 5.74) is 1.22. The van der Waals surface area contributed by atoms with Crippen molar-refractivity contribution in [2.75, 3.05) is 20.8 Å². The third-order valence-corrected chi connectivity index (χ3v) is 5.44. The van der Waals surface area contributed by atoms with E-state index in [-0.39, 0.29) is 17.9 Å². The summed E-state index contributed by atoms with van der Waals surface area (Å²) < 4.78 is 10.1. The minimum absolute atomic E-state index is 0.00509. The van der Waals surface area contributed by atoms with Crippen LogP contribution in [0.25, 0.3) is 0 Å². The quantitative estimate of drug-likeness (QED) is 0.767. The molecule has 2 aliphatic rings. The molecule has 0 unspecified atom stereocenters. The number of esters is 1. The zero-order valence-electron chi connectivity index (χ0n) is 13.3. The third-order valence-electron chi connectivity index (χ3n) is 4.62. The minimum Gasteiger partial charge on any atom is -0.496 e. The van der Waals surface area contributed by atoms with Crippen molar-refractivity contribution in [1.29, 1.82) is 0 Å². The van der Waals surface area contributed by atoms with Crippen LogP contribution in [-0.4, -0.2) is 43.6 Å². The minimum atomic E-state index is -0.454. The van der Waals surface area contributed by atoms with Gasteiger partial charge in [0.05, 0.1) is 24.3 Å². The average Bonchev–Trinajstić information content (AvgIpc) is 3.00. The van der Waals surface area contributed by atoms with Gasteiger partial charge in [-0.15, -0.1) is 0 Å². The number of benzene rings is 1. The fourth-order valence-corrected chi connectivity index (χ4v) is 3.99. The molecule has 2 aliphatic heterocycles. The van der Waals surface area contributed by atoms with Crippen LogP contribution < -0.4 is 4.74 Å². The fraction of sp³-hybridized carbons (Fsp3) is 0.412. The van der Waals surface area contributed by atoms with E-state index in [9.17, 15) is 9.59 Å². The largest absolute Gasteiger partial charge is 0.496 e. The van der Waals surface area contributed by atoms with E-state index in [4.69, 9.17) is 32.7 Å². The van der Waals surface area contributed by atoms with Gasteiger partial charge in [-0.25, -0.2) is 4.79 Å². The molecule has 0 spiro atoms. The lowest BCUT2D eigenvalue weighted by molar-refractivity contribution is -0.138. The molecule has 0 aliphatic carbocycles. The normalized spacial score (nSPS) is 22.9. The summed E-state index contributed by atoms with van der Waals surface area (Å²) in [5.74, 6) is 0.0319. The van der Waals surface area contributed by atoms with Crippen LogP contribution >= 0.6 is 23.2 Å². The number of rotatable bonds is 3. The van der Waals surface area contributed by atoms with Crippen LogP contribution in [-0.2, 0) is 14.3 Å². The van der Waals surface area contributed by atoms with Crippen LogP contribution in [0.15, 0.2) is 23.8 Å². The number of fused-ring (bicyclic) bond motifs is 1. The van der Waals surface area contributed by atoms with Crippen molar-refractivity contribution >= 4 is 35.1 Å². The Morgan fingerprint density at radius 3 is 2.71 bits per heavy atom. The van der Waals surface area contributed by atoms with E-state index >= 15 is 0 Å². The molecule has 2 atom stereocenters. The second-order valence-corrected chi connectivity index (χ2v) is 6.70. The first-order valence-corrected chi connectivity index (χ1v) is 8.33. The van der Waals surface area contributed by atoms with Gasteiger partial charge in [-0.1, -0.05) is 23.2 Å². The lowest BCUT2D eigenvalue weighted by Gasteiger charge is -2.28. The molecule has 0 aromatic heterocycles. The van der Waals surface area contributed by atoms with Crippen molar-refractivity contribution in [3.8, 4) is 5.75 Å². The van der Waals surface area contributed by atoms with Crippen LogP contribution in [0.4, 0.5) is 0 Å². The lowest BCUT2D eigenvalue weighted by atomic mass is 9.92. The number of nitrogens with zero attached hydrogens (tertiary/aromatic N) is 1. The van der Waals surface area contributed by atoms with Gasteiger partial charge in [0.2, 0.25) is 5.91 Å². The molecule has 7 heteroatoms. The van der Waals surface area contributed by atoms with Crippen molar-refractivity contribution in [3.05, 3.63) is 39.4 Å². The van der Waals surface area contributed by atoms with Crippen molar-refractivity contribution in [3.63, 3.8) is 0 Å². The predicted molar refractivity (Wildman–Crippen MR) is 90.6 cm³/mol. The maximum absolute atomic E-state index is 12.3. The van der Waals surface area contributed by atoms with Crippen molar-refractivity contribution in [2.45, 2.75) is 24.8 Å². The Labute approximate surface area is 150 Å². The molecule has 128 valence electrons. The van der Waals surface area contributed by atoms with E-state index in [1.54, 1.807) is 24.1 Å². The zero-order valence-corrected chi connectivity index (χ0v) is 14.9. The molecular formula is C17H17Cl2NO4. The summed E-state index contributed by atoms with van der Waals surface area (Å²) in [7, 11) is 2.89. The summed E-state index contributed by atoms with van der Waals surface area (Å²) in [6.07, 6.45) is 2.54. The van der Waals surface area contributed by atoms with Gasteiger partial charge >= 0.3 is 5.97 Å². The highest BCUT2D eigenvalue weighted by molar-refractivity contribution is 6.42. The van der Waals surface area contributed by atoms with Gasteiger partial charge in [-0.2, -0.15) is 0 Å². The Hall–Kier alpha value is -1.72. The highest BCUT2D eigenvalue weighted by Crippen LogP contribution is 2.45. The van der Waals surface area contributed by atoms with E-state index in [1.807, 2.05) is 0 Å². The lowest BCUT2D eigenvalue weighted by Crippen LogP contribution is -2.39. The number of hydrogen-bond donors (Lipinski definition) is 0. The van der Waals surface area contributed by atoms with Crippen LogP contribution in [0, 0.1) is 0 Å². The van der Waals surface area contributed by atoms with E-state index in [0.29, 0.717) is 40.8 Å².